The van der Waals surface area contributed by atoms with Gasteiger partial charge in [-0.15, -0.1) is 0 Å². The van der Waals surface area contributed by atoms with Crippen LogP contribution in [0.15, 0.2) is 28.7 Å². The van der Waals surface area contributed by atoms with Crippen molar-refractivity contribution in [3.05, 3.63) is 28.7 Å². The van der Waals surface area contributed by atoms with Crippen molar-refractivity contribution in [1.82, 2.24) is 4.90 Å². The van der Waals surface area contributed by atoms with Crippen LogP contribution < -0.4 is 4.90 Å². The maximum absolute atomic E-state index is 12.2. The maximum atomic E-state index is 12.2. The highest BCUT2D eigenvalue weighted by molar-refractivity contribution is 9.10. The zero-order valence-electron chi connectivity index (χ0n) is 10.6. The number of β-amino-alcohol motifs (C(OH)–C–C–N with tert-alkyl or cyclic N) is 1. The average molecular weight is 313 g/mol. The minimum Gasteiger partial charge on any atom is -0.389 e. The summed E-state index contributed by atoms with van der Waals surface area (Å²) in [6, 6.07) is 7.62. The van der Waals surface area contributed by atoms with E-state index in [1.165, 1.54) is 0 Å². The molecule has 1 aliphatic rings. The van der Waals surface area contributed by atoms with E-state index in [-0.39, 0.29) is 6.03 Å². The lowest BCUT2D eigenvalue weighted by Crippen LogP contribution is -2.41. The highest BCUT2D eigenvalue weighted by Crippen LogP contribution is 2.23. The summed E-state index contributed by atoms with van der Waals surface area (Å²) in [7, 11) is 0. The van der Waals surface area contributed by atoms with Crippen molar-refractivity contribution in [2.45, 2.75) is 19.4 Å². The van der Waals surface area contributed by atoms with Crippen LogP contribution in [0.1, 0.15) is 13.8 Å². The van der Waals surface area contributed by atoms with Crippen LogP contribution in [0.5, 0.6) is 0 Å². The summed E-state index contributed by atoms with van der Waals surface area (Å²) in [5, 5.41) is 9.77. The third-order valence-electron chi connectivity index (χ3n) is 2.81. The summed E-state index contributed by atoms with van der Waals surface area (Å²) >= 11 is 3.37. The number of rotatable bonds is 3. The summed E-state index contributed by atoms with van der Waals surface area (Å²) in [4.78, 5) is 15.6. The fourth-order valence-electron chi connectivity index (χ4n) is 2.06. The SMILES string of the molecule is CC(C)(O)CN1CCN(c2ccc(Br)cc2)C1=O. The molecule has 1 aromatic carbocycles. The Morgan fingerprint density at radius 2 is 1.89 bits per heavy atom. The summed E-state index contributed by atoms with van der Waals surface area (Å²) < 4.78 is 0.992. The van der Waals surface area contributed by atoms with E-state index in [1.54, 1.807) is 23.6 Å². The van der Waals surface area contributed by atoms with Gasteiger partial charge in [0, 0.05) is 23.2 Å². The van der Waals surface area contributed by atoms with Crippen molar-refractivity contribution in [3.63, 3.8) is 0 Å². The van der Waals surface area contributed by atoms with Crippen molar-refractivity contribution in [3.8, 4) is 0 Å². The van der Waals surface area contributed by atoms with Crippen molar-refractivity contribution < 1.29 is 9.90 Å². The van der Waals surface area contributed by atoms with Gasteiger partial charge in [-0.3, -0.25) is 4.90 Å². The molecule has 0 aromatic heterocycles. The van der Waals surface area contributed by atoms with Gasteiger partial charge in [0.2, 0.25) is 0 Å². The molecule has 0 bridgehead atoms. The summed E-state index contributed by atoms with van der Waals surface area (Å²) in [6.45, 7) is 5.10. The average Bonchev–Trinajstić information content (AvgIpc) is 2.60. The van der Waals surface area contributed by atoms with Crippen LogP contribution in [0.2, 0.25) is 0 Å². The van der Waals surface area contributed by atoms with Crippen molar-refractivity contribution in [2.75, 3.05) is 24.5 Å². The molecule has 2 rings (SSSR count). The largest absolute Gasteiger partial charge is 0.389 e. The Kier molecular flexibility index (Phi) is 3.64. The number of aliphatic hydroxyl groups is 1. The molecule has 4 nitrogen and oxygen atoms in total. The van der Waals surface area contributed by atoms with Crippen LogP contribution in [-0.2, 0) is 0 Å². The van der Waals surface area contributed by atoms with E-state index in [9.17, 15) is 9.90 Å². The van der Waals surface area contributed by atoms with Gasteiger partial charge in [0.25, 0.3) is 0 Å². The van der Waals surface area contributed by atoms with Gasteiger partial charge >= 0.3 is 6.03 Å². The number of hydrogen-bond acceptors (Lipinski definition) is 2. The number of halogens is 1. The van der Waals surface area contributed by atoms with Crippen LogP contribution in [0.4, 0.5) is 10.5 Å². The second-order valence-corrected chi connectivity index (χ2v) is 6.06. The molecular weight excluding hydrogens is 296 g/mol. The normalized spacial score (nSPS) is 16.6. The summed E-state index contributed by atoms with van der Waals surface area (Å²) in [6.07, 6.45) is 0. The van der Waals surface area contributed by atoms with E-state index in [0.29, 0.717) is 19.6 Å². The minimum atomic E-state index is -0.856. The lowest BCUT2D eigenvalue weighted by Gasteiger charge is -2.25. The van der Waals surface area contributed by atoms with E-state index >= 15 is 0 Å². The predicted molar refractivity (Wildman–Crippen MR) is 74.8 cm³/mol. The third kappa shape index (κ3) is 3.03. The molecule has 1 aromatic rings. The highest BCUT2D eigenvalue weighted by atomic mass is 79.9. The Hall–Kier alpha value is -1.07. The van der Waals surface area contributed by atoms with Gasteiger partial charge < -0.3 is 10.0 Å². The van der Waals surface area contributed by atoms with Gasteiger partial charge in [0.1, 0.15) is 0 Å². The molecule has 1 N–H and O–H groups in total. The van der Waals surface area contributed by atoms with Gasteiger partial charge in [-0.05, 0) is 38.1 Å². The predicted octanol–water partition coefficient (Wildman–Crippen LogP) is 2.46. The lowest BCUT2D eigenvalue weighted by atomic mass is 10.1. The smallest absolute Gasteiger partial charge is 0.324 e. The van der Waals surface area contributed by atoms with E-state index in [1.807, 2.05) is 24.3 Å². The first kappa shape index (κ1) is 13.4. The van der Waals surface area contributed by atoms with Crippen molar-refractivity contribution in [2.24, 2.45) is 0 Å². The molecule has 0 unspecified atom stereocenters. The summed E-state index contributed by atoms with van der Waals surface area (Å²) in [5.41, 5.74) is 0.0345. The molecule has 1 aliphatic heterocycles. The molecule has 1 fully saturated rings. The third-order valence-corrected chi connectivity index (χ3v) is 3.34. The zero-order chi connectivity index (χ0) is 13.3. The zero-order valence-corrected chi connectivity index (χ0v) is 12.1. The number of amides is 2. The number of nitrogens with zero attached hydrogens (tertiary/aromatic N) is 2. The van der Waals surface area contributed by atoms with Crippen LogP contribution in [-0.4, -0.2) is 41.3 Å². The molecule has 0 atom stereocenters. The number of anilines is 1. The monoisotopic (exact) mass is 312 g/mol. The Labute approximate surface area is 115 Å². The molecule has 2 amide bonds. The maximum Gasteiger partial charge on any atom is 0.324 e. The molecule has 18 heavy (non-hydrogen) atoms. The Morgan fingerprint density at radius 1 is 1.28 bits per heavy atom. The Morgan fingerprint density at radius 3 is 2.44 bits per heavy atom. The number of carbonyl (C=O) groups excluding carboxylic acids is 1. The summed E-state index contributed by atoms with van der Waals surface area (Å²) in [5.74, 6) is 0. The number of hydrogen-bond donors (Lipinski definition) is 1. The number of benzene rings is 1. The van der Waals surface area contributed by atoms with Gasteiger partial charge in [0.05, 0.1) is 12.1 Å². The van der Waals surface area contributed by atoms with Gasteiger partial charge in [0.15, 0.2) is 0 Å². The molecule has 0 saturated carbocycles. The Bertz CT molecular complexity index is 439. The fraction of sp³-hybridized carbons (Fsp3) is 0.462. The Balaban J connectivity index is 2.10. The highest BCUT2D eigenvalue weighted by Gasteiger charge is 2.32. The second-order valence-electron chi connectivity index (χ2n) is 5.14. The van der Waals surface area contributed by atoms with Crippen LogP contribution in [0.3, 0.4) is 0 Å². The standard InChI is InChI=1S/C13H17BrN2O2/c1-13(2,18)9-15-7-8-16(12(15)17)11-5-3-10(14)4-6-11/h3-6,18H,7-9H2,1-2H3. The van der Waals surface area contributed by atoms with Crippen molar-refractivity contribution >= 4 is 27.6 Å². The lowest BCUT2D eigenvalue weighted by molar-refractivity contribution is 0.0526. The fourth-order valence-corrected chi connectivity index (χ4v) is 2.32. The van der Waals surface area contributed by atoms with Crippen LogP contribution >= 0.6 is 15.9 Å². The minimum absolute atomic E-state index is 0.0422. The van der Waals surface area contributed by atoms with Crippen LogP contribution in [0, 0.1) is 0 Å². The number of urea groups is 1. The quantitative estimate of drug-likeness (QED) is 0.931. The van der Waals surface area contributed by atoms with Crippen molar-refractivity contribution in [1.29, 1.82) is 0 Å². The second kappa shape index (κ2) is 4.90. The van der Waals surface area contributed by atoms with E-state index in [2.05, 4.69) is 15.9 Å². The first-order valence-corrected chi connectivity index (χ1v) is 6.70. The van der Waals surface area contributed by atoms with Gasteiger partial charge in [-0.2, -0.15) is 0 Å². The first-order chi connectivity index (χ1) is 8.37. The molecule has 1 saturated heterocycles. The van der Waals surface area contributed by atoms with Crippen LogP contribution in [0.25, 0.3) is 0 Å². The van der Waals surface area contributed by atoms with Gasteiger partial charge in [-0.25, -0.2) is 4.79 Å². The molecule has 1 heterocycles. The molecule has 5 heteroatoms. The topological polar surface area (TPSA) is 43.8 Å². The van der Waals surface area contributed by atoms with E-state index in [4.69, 9.17) is 0 Å². The molecule has 0 spiro atoms. The van der Waals surface area contributed by atoms with Gasteiger partial charge in [-0.1, -0.05) is 15.9 Å². The molecular formula is C13H17BrN2O2. The first-order valence-electron chi connectivity index (χ1n) is 5.91. The molecule has 0 aliphatic carbocycles. The molecule has 98 valence electrons. The van der Waals surface area contributed by atoms with E-state index in [0.717, 1.165) is 10.2 Å². The number of carbonyl (C=O) groups is 1. The molecule has 0 radical (unpaired) electrons. The van der Waals surface area contributed by atoms with E-state index < -0.39 is 5.60 Å².